The van der Waals surface area contributed by atoms with Crippen LogP contribution in [0.25, 0.3) is 10.9 Å². The molecule has 26 heavy (non-hydrogen) atoms. The van der Waals surface area contributed by atoms with Crippen LogP contribution in [0.1, 0.15) is 12.5 Å². The molecule has 3 aromatic rings. The molecule has 0 saturated carbocycles. The Morgan fingerprint density at radius 3 is 2.65 bits per heavy atom. The second-order valence-corrected chi connectivity index (χ2v) is 5.76. The molecule has 0 aliphatic carbocycles. The molecule has 0 aliphatic heterocycles. The van der Waals surface area contributed by atoms with Gasteiger partial charge in [0.25, 0.3) is 5.91 Å². The first kappa shape index (κ1) is 17.5. The van der Waals surface area contributed by atoms with Gasteiger partial charge >= 0.3 is 0 Å². The molecule has 0 saturated heterocycles. The topological polar surface area (TPSA) is 83.2 Å². The van der Waals surface area contributed by atoms with Crippen molar-refractivity contribution in [2.75, 3.05) is 0 Å². The number of hydrogen-bond acceptors (Lipinski definition) is 3. The molecule has 0 radical (unpaired) electrons. The van der Waals surface area contributed by atoms with E-state index in [1.54, 1.807) is 12.3 Å². The lowest BCUT2D eigenvalue weighted by atomic mass is 10.1. The first-order valence-electron chi connectivity index (χ1n) is 8.09. The molecule has 1 atom stereocenters. The van der Waals surface area contributed by atoms with E-state index in [1.165, 1.54) is 25.1 Å². The largest absolute Gasteiger partial charge is 0.478 e. The molecular formula is C19H18FN3O3. The van der Waals surface area contributed by atoms with Crippen molar-refractivity contribution in [3.8, 4) is 5.75 Å². The summed E-state index contributed by atoms with van der Waals surface area (Å²) in [4.78, 5) is 27.1. The van der Waals surface area contributed by atoms with Gasteiger partial charge in [0, 0.05) is 17.1 Å². The summed E-state index contributed by atoms with van der Waals surface area (Å²) in [5.74, 6) is -1.54. The summed E-state index contributed by atoms with van der Waals surface area (Å²) < 4.78 is 18.8. The van der Waals surface area contributed by atoms with Crippen molar-refractivity contribution in [3.05, 3.63) is 66.1 Å². The summed E-state index contributed by atoms with van der Waals surface area (Å²) >= 11 is 0. The Hall–Kier alpha value is -3.35. The maximum Gasteiger partial charge on any atom is 0.279 e. The van der Waals surface area contributed by atoms with E-state index in [0.717, 1.165) is 16.5 Å². The third-order valence-electron chi connectivity index (χ3n) is 3.86. The lowest BCUT2D eigenvalue weighted by Crippen LogP contribution is -2.47. The molecule has 3 rings (SSSR count). The van der Waals surface area contributed by atoms with Gasteiger partial charge in [-0.2, -0.15) is 0 Å². The van der Waals surface area contributed by atoms with Gasteiger partial charge in [-0.05, 0) is 30.7 Å². The van der Waals surface area contributed by atoms with Gasteiger partial charge in [0.1, 0.15) is 0 Å². The summed E-state index contributed by atoms with van der Waals surface area (Å²) in [6.45, 7) is 1.47. The van der Waals surface area contributed by atoms with E-state index in [4.69, 9.17) is 4.74 Å². The smallest absolute Gasteiger partial charge is 0.279 e. The van der Waals surface area contributed by atoms with Crippen LogP contribution in [0.15, 0.2) is 54.7 Å². The molecular weight excluding hydrogens is 337 g/mol. The number of fused-ring (bicyclic) bond motifs is 1. The Balaban J connectivity index is 1.52. The summed E-state index contributed by atoms with van der Waals surface area (Å²) in [5, 5.41) is 0.949. The Bertz CT molecular complexity index is 938. The maximum absolute atomic E-state index is 13.5. The van der Waals surface area contributed by atoms with Crippen molar-refractivity contribution in [1.82, 2.24) is 15.8 Å². The molecule has 0 aliphatic rings. The van der Waals surface area contributed by atoms with Crippen molar-refractivity contribution in [2.24, 2.45) is 0 Å². The number of aromatic amines is 1. The van der Waals surface area contributed by atoms with Crippen LogP contribution in [-0.2, 0) is 16.0 Å². The summed E-state index contributed by atoms with van der Waals surface area (Å²) in [6, 6.07) is 13.4. The summed E-state index contributed by atoms with van der Waals surface area (Å²) in [7, 11) is 0. The first-order valence-corrected chi connectivity index (χ1v) is 8.09. The summed E-state index contributed by atoms with van der Waals surface area (Å²) in [5.41, 5.74) is 6.39. The number of aromatic nitrogens is 1. The lowest BCUT2D eigenvalue weighted by molar-refractivity contribution is -0.132. The van der Waals surface area contributed by atoms with Gasteiger partial charge in [-0.15, -0.1) is 0 Å². The second-order valence-electron chi connectivity index (χ2n) is 5.76. The van der Waals surface area contributed by atoms with Gasteiger partial charge in [0.05, 0.1) is 6.42 Å². The van der Waals surface area contributed by atoms with Crippen molar-refractivity contribution in [1.29, 1.82) is 0 Å². The number of rotatable bonds is 5. The Labute approximate surface area is 149 Å². The zero-order valence-corrected chi connectivity index (χ0v) is 14.1. The number of nitrogens with one attached hydrogen (secondary N) is 3. The van der Waals surface area contributed by atoms with Crippen LogP contribution in [0.5, 0.6) is 5.75 Å². The molecule has 0 fully saturated rings. The van der Waals surface area contributed by atoms with E-state index in [-0.39, 0.29) is 18.1 Å². The average Bonchev–Trinajstić information content (AvgIpc) is 3.04. The average molecular weight is 355 g/mol. The van der Waals surface area contributed by atoms with E-state index in [1.807, 2.05) is 24.3 Å². The maximum atomic E-state index is 13.5. The minimum absolute atomic E-state index is 0.0275. The quantitative estimate of drug-likeness (QED) is 0.615. The SMILES string of the molecule is C[C@H](Oc1ccccc1F)C(=O)NNC(=O)Cc1c[nH]c2ccccc12. The van der Waals surface area contributed by atoms with Crippen molar-refractivity contribution < 1.29 is 18.7 Å². The van der Waals surface area contributed by atoms with Crippen molar-refractivity contribution in [3.63, 3.8) is 0 Å². The number of benzene rings is 2. The molecule has 0 spiro atoms. The van der Waals surface area contributed by atoms with E-state index in [9.17, 15) is 14.0 Å². The van der Waals surface area contributed by atoms with Crippen LogP contribution < -0.4 is 15.6 Å². The van der Waals surface area contributed by atoms with Crippen LogP contribution in [0.3, 0.4) is 0 Å². The van der Waals surface area contributed by atoms with E-state index >= 15 is 0 Å². The number of carbonyl (C=O) groups excluding carboxylic acids is 2. The van der Waals surface area contributed by atoms with Gasteiger partial charge < -0.3 is 9.72 Å². The van der Waals surface area contributed by atoms with Crippen LogP contribution in [0.4, 0.5) is 4.39 Å². The van der Waals surface area contributed by atoms with Gasteiger partial charge in [-0.3, -0.25) is 20.4 Å². The molecule has 2 amide bonds. The number of halogens is 1. The molecule has 0 unspecified atom stereocenters. The third-order valence-corrected chi connectivity index (χ3v) is 3.86. The normalized spacial score (nSPS) is 11.8. The fourth-order valence-electron chi connectivity index (χ4n) is 2.51. The highest BCUT2D eigenvalue weighted by Crippen LogP contribution is 2.18. The molecule has 0 bridgehead atoms. The Kier molecular flexibility index (Phi) is 5.17. The third kappa shape index (κ3) is 4.00. The summed E-state index contributed by atoms with van der Waals surface area (Å²) in [6.07, 6.45) is 0.892. The van der Waals surface area contributed by atoms with Gasteiger partial charge in [0.2, 0.25) is 5.91 Å². The Morgan fingerprint density at radius 1 is 1.12 bits per heavy atom. The minimum atomic E-state index is -0.972. The number of para-hydroxylation sites is 2. The lowest BCUT2D eigenvalue weighted by Gasteiger charge is -2.15. The molecule has 1 heterocycles. The highest BCUT2D eigenvalue weighted by atomic mass is 19.1. The van der Waals surface area contributed by atoms with Gasteiger partial charge in [-0.25, -0.2) is 4.39 Å². The molecule has 2 aromatic carbocycles. The van der Waals surface area contributed by atoms with Gasteiger partial charge in [-0.1, -0.05) is 30.3 Å². The van der Waals surface area contributed by atoms with Crippen LogP contribution in [0, 0.1) is 5.82 Å². The monoisotopic (exact) mass is 355 g/mol. The van der Waals surface area contributed by atoms with Crippen molar-refractivity contribution in [2.45, 2.75) is 19.4 Å². The Morgan fingerprint density at radius 2 is 1.85 bits per heavy atom. The zero-order chi connectivity index (χ0) is 18.5. The fourth-order valence-corrected chi connectivity index (χ4v) is 2.51. The zero-order valence-electron chi connectivity index (χ0n) is 14.1. The van der Waals surface area contributed by atoms with E-state index in [2.05, 4.69) is 15.8 Å². The van der Waals surface area contributed by atoms with E-state index < -0.39 is 17.8 Å². The predicted molar refractivity (Wildman–Crippen MR) is 94.8 cm³/mol. The van der Waals surface area contributed by atoms with Crippen LogP contribution >= 0.6 is 0 Å². The second kappa shape index (κ2) is 7.69. The van der Waals surface area contributed by atoms with Crippen LogP contribution in [-0.4, -0.2) is 22.9 Å². The molecule has 3 N–H and O–H groups in total. The number of carbonyl (C=O) groups is 2. The number of hydrazine groups is 1. The fraction of sp³-hybridized carbons (Fsp3) is 0.158. The molecule has 134 valence electrons. The van der Waals surface area contributed by atoms with Gasteiger partial charge in [0.15, 0.2) is 17.7 Å². The number of H-pyrrole nitrogens is 1. The first-order chi connectivity index (χ1) is 12.5. The molecule has 7 heteroatoms. The number of ether oxygens (including phenoxy) is 1. The minimum Gasteiger partial charge on any atom is -0.478 e. The highest BCUT2D eigenvalue weighted by Gasteiger charge is 2.17. The van der Waals surface area contributed by atoms with E-state index in [0.29, 0.717) is 0 Å². The molecule has 6 nitrogen and oxygen atoms in total. The standard InChI is InChI=1S/C19H18FN3O3/c1-12(26-17-9-5-3-7-15(17)20)19(25)23-22-18(24)10-13-11-21-16-8-4-2-6-14(13)16/h2-9,11-12,21H,10H2,1H3,(H,22,24)(H,23,25)/t12-/m0/s1. The number of amides is 2. The van der Waals surface area contributed by atoms with Crippen molar-refractivity contribution >= 4 is 22.7 Å². The predicted octanol–water partition coefficient (Wildman–Crippen LogP) is 2.46. The number of hydrogen-bond donors (Lipinski definition) is 3. The highest BCUT2D eigenvalue weighted by molar-refractivity contribution is 5.90. The molecule has 1 aromatic heterocycles. The van der Waals surface area contributed by atoms with Crippen LogP contribution in [0.2, 0.25) is 0 Å².